The molecule has 0 aliphatic carbocycles. The zero-order valence-corrected chi connectivity index (χ0v) is 10.5. The van der Waals surface area contributed by atoms with Crippen LogP contribution in [0, 0.1) is 18.3 Å². The highest BCUT2D eigenvalue weighted by Crippen LogP contribution is 2.28. The van der Waals surface area contributed by atoms with E-state index >= 15 is 0 Å². The fourth-order valence-electron chi connectivity index (χ4n) is 2.15. The molecule has 0 saturated carbocycles. The number of imidazole rings is 1. The summed E-state index contributed by atoms with van der Waals surface area (Å²) in [6.45, 7) is 2.00. The average Bonchev–Trinajstić information content (AvgIpc) is 2.76. The molecule has 0 fully saturated rings. The molecule has 19 heavy (non-hydrogen) atoms. The normalized spacial score (nSPS) is 10.5. The van der Waals surface area contributed by atoms with Gasteiger partial charge in [0.25, 0.3) is 0 Å². The minimum Gasteiger partial charge on any atom is -0.383 e. The molecule has 92 valence electrons. The maximum Gasteiger partial charge on any atom is 0.139 e. The molecule has 4 nitrogen and oxygen atoms in total. The molecular formula is C15H12N4. The molecule has 4 heteroatoms. The summed E-state index contributed by atoms with van der Waals surface area (Å²) in [7, 11) is 0. The van der Waals surface area contributed by atoms with Crippen LogP contribution in [0.25, 0.3) is 16.9 Å². The minimum absolute atomic E-state index is 0.557. The number of fused-ring (bicyclic) bond motifs is 1. The van der Waals surface area contributed by atoms with Crippen LogP contribution in [0.5, 0.6) is 0 Å². The first-order valence-electron chi connectivity index (χ1n) is 5.94. The lowest BCUT2D eigenvalue weighted by Gasteiger charge is -2.01. The van der Waals surface area contributed by atoms with E-state index in [1.165, 1.54) is 0 Å². The number of hydrogen-bond donors (Lipinski definition) is 1. The van der Waals surface area contributed by atoms with E-state index in [0.717, 1.165) is 16.8 Å². The summed E-state index contributed by atoms with van der Waals surface area (Å²) in [5.41, 5.74) is 10.0. The number of rotatable bonds is 1. The summed E-state index contributed by atoms with van der Waals surface area (Å²) in [6, 6.07) is 13.4. The first-order chi connectivity index (χ1) is 9.20. The predicted molar refractivity (Wildman–Crippen MR) is 74.5 cm³/mol. The molecule has 0 radical (unpaired) electrons. The van der Waals surface area contributed by atoms with Crippen molar-refractivity contribution < 1.29 is 0 Å². The molecular weight excluding hydrogens is 236 g/mol. The predicted octanol–water partition coefficient (Wildman–Crippen LogP) is 2.76. The van der Waals surface area contributed by atoms with Gasteiger partial charge in [0.05, 0.1) is 11.6 Å². The van der Waals surface area contributed by atoms with Gasteiger partial charge in [-0.25, -0.2) is 4.98 Å². The Bertz CT molecular complexity index is 809. The number of nitrogens with two attached hydrogens (primary N) is 1. The Labute approximate surface area is 110 Å². The number of pyridine rings is 1. The van der Waals surface area contributed by atoms with Crippen LogP contribution in [-0.2, 0) is 0 Å². The zero-order valence-electron chi connectivity index (χ0n) is 10.5. The molecule has 0 aliphatic heterocycles. The minimum atomic E-state index is 0.557. The Morgan fingerprint density at radius 2 is 2.00 bits per heavy atom. The molecule has 0 unspecified atom stereocenters. The number of anilines is 1. The highest BCUT2D eigenvalue weighted by Gasteiger charge is 2.14. The van der Waals surface area contributed by atoms with Crippen LogP contribution in [0.2, 0.25) is 0 Å². The Hall–Kier alpha value is -2.80. The molecule has 0 saturated heterocycles. The number of hydrogen-bond acceptors (Lipinski definition) is 3. The van der Waals surface area contributed by atoms with Crippen molar-refractivity contribution in [2.45, 2.75) is 6.92 Å². The fraction of sp³-hybridized carbons (Fsp3) is 0.0667. The molecule has 0 bridgehead atoms. The molecule has 0 aliphatic rings. The summed E-state index contributed by atoms with van der Waals surface area (Å²) in [5, 5.41) is 9.16. The maximum atomic E-state index is 9.16. The fourth-order valence-corrected chi connectivity index (χ4v) is 2.15. The van der Waals surface area contributed by atoms with Crippen molar-refractivity contribution in [3.05, 3.63) is 53.7 Å². The quantitative estimate of drug-likeness (QED) is 0.720. The van der Waals surface area contributed by atoms with Crippen LogP contribution in [0.15, 0.2) is 42.6 Å². The van der Waals surface area contributed by atoms with Crippen molar-refractivity contribution in [2.75, 3.05) is 5.73 Å². The van der Waals surface area contributed by atoms with Gasteiger partial charge in [-0.3, -0.25) is 4.40 Å². The summed E-state index contributed by atoms with van der Waals surface area (Å²) < 4.78 is 1.85. The maximum absolute atomic E-state index is 9.16. The lowest BCUT2D eigenvalue weighted by Crippen LogP contribution is -1.95. The van der Waals surface area contributed by atoms with Gasteiger partial charge in [0, 0.05) is 11.8 Å². The Balaban J connectivity index is 2.32. The van der Waals surface area contributed by atoms with Crippen molar-refractivity contribution >= 4 is 11.5 Å². The first kappa shape index (κ1) is 11.3. The van der Waals surface area contributed by atoms with Crippen molar-refractivity contribution in [3.63, 3.8) is 0 Å². The second-order valence-electron chi connectivity index (χ2n) is 4.44. The van der Waals surface area contributed by atoms with Gasteiger partial charge in [-0.05, 0) is 24.6 Å². The van der Waals surface area contributed by atoms with Gasteiger partial charge in [-0.2, -0.15) is 5.26 Å². The zero-order chi connectivity index (χ0) is 13.4. The SMILES string of the molecule is Cc1ccc2nc(-c3ccccc3C#N)c(N)n2c1. The molecule has 2 heterocycles. The second kappa shape index (κ2) is 4.14. The Morgan fingerprint density at radius 3 is 2.79 bits per heavy atom. The van der Waals surface area contributed by atoms with Crippen LogP contribution in [0.1, 0.15) is 11.1 Å². The van der Waals surface area contributed by atoms with E-state index < -0.39 is 0 Å². The summed E-state index contributed by atoms with van der Waals surface area (Å²) in [6.07, 6.45) is 1.94. The van der Waals surface area contributed by atoms with Crippen LogP contribution >= 0.6 is 0 Å². The van der Waals surface area contributed by atoms with Gasteiger partial charge >= 0.3 is 0 Å². The third-order valence-electron chi connectivity index (χ3n) is 3.11. The molecule has 1 aromatic carbocycles. The lowest BCUT2D eigenvalue weighted by molar-refractivity contribution is 1.16. The van der Waals surface area contributed by atoms with E-state index in [2.05, 4.69) is 11.1 Å². The summed E-state index contributed by atoms with van der Waals surface area (Å²) in [5.74, 6) is 0.557. The van der Waals surface area contributed by atoms with Crippen molar-refractivity contribution in [2.24, 2.45) is 0 Å². The highest BCUT2D eigenvalue weighted by atomic mass is 15.1. The number of aromatic nitrogens is 2. The van der Waals surface area contributed by atoms with Gasteiger partial charge in [0.15, 0.2) is 0 Å². The topological polar surface area (TPSA) is 67.1 Å². The van der Waals surface area contributed by atoms with Crippen LogP contribution in [0.4, 0.5) is 5.82 Å². The summed E-state index contributed by atoms with van der Waals surface area (Å²) >= 11 is 0. The van der Waals surface area contributed by atoms with Gasteiger partial charge in [0.2, 0.25) is 0 Å². The number of nitriles is 1. The van der Waals surface area contributed by atoms with Gasteiger partial charge < -0.3 is 5.73 Å². The third-order valence-corrected chi connectivity index (χ3v) is 3.11. The van der Waals surface area contributed by atoms with Crippen molar-refractivity contribution in [3.8, 4) is 17.3 Å². The molecule has 2 aromatic heterocycles. The average molecular weight is 248 g/mol. The van der Waals surface area contributed by atoms with Gasteiger partial charge in [-0.15, -0.1) is 0 Å². The molecule has 0 atom stereocenters. The van der Waals surface area contributed by atoms with Crippen molar-refractivity contribution in [1.29, 1.82) is 5.26 Å². The smallest absolute Gasteiger partial charge is 0.139 e. The number of benzene rings is 1. The number of aryl methyl sites for hydroxylation is 1. The lowest BCUT2D eigenvalue weighted by atomic mass is 10.1. The standard InChI is InChI=1S/C15H12N4/c1-10-6-7-13-18-14(15(17)19(13)9-10)12-5-3-2-4-11(12)8-16/h2-7,9H,17H2,1H3. The Morgan fingerprint density at radius 1 is 1.21 bits per heavy atom. The van der Waals surface area contributed by atoms with E-state index in [9.17, 15) is 0 Å². The second-order valence-corrected chi connectivity index (χ2v) is 4.44. The number of nitrogen functional groups attached to an aromatic ring is 1. The highest BCUT2D eigenvalue weighted by molar-refractivity contribution is 5.78. The van der Waals surface area contributed by atoms with Gasteiger partial charge in [0.1, 0.15) is 17.2 Å². The van der Waals surface area contributed by atoms with E-state index in [1.807, 2.05) is 47.9 Å². The molecule has 3 rings (SSSR count). The van der Waals surface area contributed by atoms with E-state index in [1.54, 1.807) is 6.07 Å². The molecule has 3 aromatic rings. The van der Waals surface area contributed by atoms with E-state index in [0.29, 0.717) is 17.1 Å². The third kappa shape index (κ3) is 1.72. The monoisotopic (exact) mass is 248 g/mol. The van der Waals surface area contributed by atoms with Crippen LogP contribution < -0.4 is 5.73 Å². The van der Waals surface area contributed by atoms with Crippen LogP contribution in [-0.4, -0.2) is 9.38 Å². The summed E-state index contributed by atoms with van der Waals surface area (Å²) in [4.78, 5) is 4.52. The van der Waals surface area contributed by atoms with E-state index in [4.69, 9.17) is 11.0 Å². The number of nitrogens with zero attached hydrogens (tertiary/aromatic N) is 3. The van der Waals surface area contributed by atoms with Gasteiger partial charge in [-0.1, -0.05) is 24.3 Å². The Kier molecular flexibility index (Phi) is 2.46. The van der Waals surface area contributed by atoms with Crippen LogP contribution in [0.3, 0.4) is 0 Å². The molecule has 2 N–H and O–H groups in total. The van der Waals surface area contributed by atoms with Crippen molar-refractivity contribution in [1.82, 2.24) is 9.38 Å². The molecule has 0 amide bonds. The molecule has 0 spiro atoms. The largest absolute Gasteiger partial charge is 0.383 e. The first-order valence-corrected chi connectivity index (χ1v) is 5.94. The van der Waals surface area contributed by atoms with E-state index in [-0.39, 0.29) is 0 Å².